The van der Waals surface area contributed by atoms with E-state index in [1.54, 1.807) is 36.4 Å². The van der Waals surface area contributed by atoms with E-state index in [2.05, 4.69) is 0 Å². The first-order chi connectivity index (χ1) is 14.8. The summed E-state index contributed by atoms with van der Waals surface area (Å²) in [6.07, 6.45) is 0. The van der Waals surface area contributed by atoms with Gasteiger partial charge in [-0.3, -0.25) is 0 Å². The monoisotopic (exact) mass is 561 g/mol. The number of carboxylic acids is 1. The van der Waals surface area contributed by atoms with E-state index in [1.165, 1.54) is 0 Å². The van der Waals surface area contributed by atoms with Gasteiger partial charge in [0.15, 0.2) is 0 Å². The predicted octanol–water partition coefficient (Wildman–Crippen LogP) is 6.21. The van der Waals surface area contributed by atoms with Crippen molar-refractivity contribution >= 4 is 71.8 Å². The molecule has 0 aliphatic carbocycles. The Labute approximate surface area is 208 Å². The molecule has 0 radical (unpaired) electrons. The van der Waals surface area contributed by atoms with Crippen LogP contribution in [-0.2, 0) is 17.9 Å². The molecule has 3 aromatic carbocycles. The van der Waals surface area contributed by atoms with Crippen LogP contribution < -0.4 is 4.46 Å². The van der Waals surface area contributed by atoms with Crippen LogP contribution in [-0.4, -0.2) is 37.5 Å². The van der Waals surface area contributed by atoms with Gasteiger partial charge in [-0.1, -0.05) is 0 Å². The number of rotatable bonds is 9. The third-order valence-corrected chi connectivity index (χ3v) is 8.50. The van der Waals surface area contributed by atoms with Gasteiger partial charge in [-0.25, -0.2) is 0 Å². The van der Waals surface area contributed by atoms with Crippen LogP contribution in [0.2, 0.25) is 24.9 Å². The van der Waals surface area contributed by atoms with Crippen LogP contribution in [0.25, 0.3) is 0 Å². The van der Waals surface area contributed by atoms with Crippen LogP contribution >= 0.6 is 46.4 Å². The average Bonchev–Trinajstić information content (AvgIpc) is 2.73. The summed E-state index contributed by atoms with van der Waals surface area (Å²) in [5, 5.41) is 12.0. The number of benzene rings is 3. The van der Waals surface area contributed by atoms with E-state index in [0.29, 0.717) is 39.7 Å². The van der Waals surface area contributed by atoms with Gasteiger partial charge in [0.1, 0.15) is 0 Å². The van der Waals surface area contributed by atoms with Crippen molar-refractivity contribution in [1.29, 1.82) is 0 Å². The fourth-order valence-electron chi connectivity index (χ4n) is 3.06. The van der Waals surface area contributed by atoms with Gasteiger partial charge < -0.3 is 0 Å². The Morgan fingerprint density at radius 2 is 1.23 bits per heavy atom. The quantitative estimate of drug-likeness (QED) is 0.316. The molecule has 0 saturated carbocycles. The first kappa shape index (κ1) is 24.4. The second kappa shape index (κ2) is 11.6. The standard InChI is InChI=1S/C23H19Cl4NO2Se/c24-18-8-4-9-19(25)16(18)12-28(13-17-20(26)10-5-11-21(17)27)14-22(23(29)30)31-15-6-2-1-3-7-15/h1-11,22H,12-14H2,(H,29,30). The number of hydrogen-bond donors (Lipinski definition) is 1. The van der Waals surface area contributed by atoms with Crippen molar-refractivity contribution in [3.8, 4) is 0 Å². The van der Waals surface area contributed by atoms with Gasteiger partial charge in [-0.15, -0.1) is 0 Å². The van der Waals surface area contributed by atoms with Gasteiger partial charge in [0, 0.05) is 0 Å². The van der Waals surface area contributed by atoms with E-state index < -0.39 is 10.8 Å². The molecule has 1 atom stereocenters. The predicted molar refractivity (Wildman–Crippen MR) is 130 cm³/mol. The van der Waals surface area contributed by atoms with Gasteiger partial charge in [-0.05, 0) is 0 Å². The minimum absolute atomic E-state index is 0.264. The Bertz CT molecular complexity index is 955. The Hall–Kier alpha value is -1.23. The molecule has 0 amide bonds. The molecule has 0 aromatic heterocycles. The Kier molecular flexibility index (Phi) is 9.12. The normalized spacial score (nSPS) is 12.2. The van der Waals surface area contributed by atoms with Gasteiger partial charge in [0.25, 0.3) is 0 Å². The Morgan fingerprint density at radius 1 is 0.774 bits per heavy atom. The van der Waals surface area contributed by atoms with Crippen molar-refractivity contribution in [2.24, 2.45) is 0 Å². The SMILES string of the molecule is O=C(O)C(CN(Cc1c(Cl)cccc1Cl)Cc1c(Cl)cccc1Cl)[Se]c1ccccc1. The van der Waals surface area contributed by atoms with E-state index in [-0.39, 0.29) is 15.0 Å². The van der Waals surface area contributed by atoms with Crippen molar-refractivity contribution in [2.75, 3.05) is 6.54 Å². The fraction of sp³-hybridized carbons (Fsp3) is 0.174. The molecule has 0 aliphatic rings. The summed E-state index contributed by atoms with van der Waals surface area (Å²) in [7, 11) is 0. The molecular weight excluding hydrogens is 543 g/mol. The molecule has 0 saturated heterocycles. The van der Waals surface area contributed by atoms with Gasteiger partial charge in [0.05, 0.1) is 0 Å². The van der Waals surface area contributed by atoms with Crippen molar-refractivity contribution in [3.63, 3.8) is 0 Å². The third kappa shape index (κ3) is 6.87. The zero-order chi connectivity index (χ0) is 22.4. The molecular formula is C23H19Cl4NO2Se. The maximum atomic E-state index is 12.1. The minimum atomic E-state index is -0.843. The van der Waals surface area contributed by atoms with E-state index in [0.717, 1.165) is 15.6 Å². The molecule has 0 spiro atoms. The summed E-state index contributed by atoms with van der Waals surface area (Å²) in [6, 6.07) is 20.3. The van der Waals surface area contributed by atoms with Gasteiger partial charge in [-0.2, -0.15) is 0 Å². The summed E-state index contributed by atoms with van der Waals surface area (Å²) in [6.45, 7) is 1.04. The fourth-order valence-corrected chi connectivity index (χ4v) is 6.26. The van der Waals surface area contributed by atoms with Crippen LogP contribution in [0.5, 0.6) is 0 Å². The van der Waals surface area contributed by atoms with Crippen LogP contribution in [0.3, 0.4) is 0 Å². The molecule has 8 heteroatoms. The average molecular weight is 562 g/mol. The van der Waals surface area contributed by atoms with Crippen molar-refractivity contribution in [3.05, 3.63) is 97.9 Å². The molecule has 162 valence electrons. The van der Waals surface area contributed by atoms with Crippen molar-refractivity contribution in [1.82, 2.24) is 4.90 Å². The summed E-state index contributed by atoms with van der Waals surface area (Å²) in [5.41, 5.74) is 1.48. The topological polar surface area (TPSA) is 40.5 Å². The molecule has 1 N–H and O–H groups in total. The molecule has 3 rings (SSSR count). The van der Waals surface area contributed by atoms with E-state index in [4.69, 9.17) is 46.4 Å². The number of halogens is 4. The molecule has 3 aromatic rings. The third-order valence-electron chi connectivity index (χ3n) is 4.61. The van der Waals surface area contributed by atoms with Crippen LogP contribution in [0.4, 0.5) is 0 Å². The number of carboxylic acid groups (broad SMARTS) is 1. The van der Waals surface area contributed by atoms with E-state index >= 15 is 0 Å². The summed E-state index contributed by atoms with van der Waals surface area (Å²) < 4.78 is 1.02. The molecule has 0 bridgehead atoms. The van der Waals surface area contributed by atoms with Crippen molar-refractivity contribution in [2.45, 2.75) is 17.9 Å². The van der Waals surface area contributed by atoms with Crippen LogP contribution in [0, 0.1) is 0 Å². The number of nitrogens with zero attached hydrogens (tertiary/aromatic N) is 1. The zero-order valence-corrected chi connectivity index (χ0v) is 21.0. The number of aliphatic carboxylic acids is 1. The van der Waals surface area contributed by atoms with Gasteiger partial charge >= 0.3 is 209 Å². The second-order valence-corrected chi connectivity index (χ2v) is 11.1. The van der Waals surface area contributed by atoms with E-state index in [9.17, 15) is 9.90 Å². The first-order valence-electron chi connectivity index (χ1n) is 9.37. The van der Waals surface area contributed by atoms with Crippen molar-refractivity contribution < 1.29 is 9.90 Å². The Balaban J connectivity index is 1.91. The summed E-state index contributed by atoms with van der Waals surface area (Å²) in [4.78, 5) is 13.5. The second-order valence-electron chi connectivity index (χ2n) is 6.83. The summed E-state index contributed by atoms with van der Waals surface area (Å²) in [5.74, 6) is -0.843. The number of carbonyl (C=O) groups is 1. The molecule has 0 heterocycles. The van der Waals surface area contributed by atoms with Crippen LogP contribution in [0.1, 0.15) is 11.1 Å². The Morgan fingerprint density at radius 3 is 1.65 bits per heavy atom. The molecule has 0 aliphatic heterocycles. The maximum absolute atomic E-state index is 12.1. The number of hydrogen-bond acceptors (Lipinski definition) is 2. The molecule has 1 unspecified atom stereocenters. The molecule has 0 fully saturated rings. The molecule has 3 nitrogen and oxygen atoms in total. The van der Waals surface area contributed by atoms with Gasteiger partial charge in [0.2, 0.25) is 0 Å². The zero-order valence-electron chi connectivity index (χ0n) is 16.3. The summed E-state index contributed by atoms with van der Waals surface area (Å²) >= 11 is 25.3. The van der Waals surface area contributed by atoms with Crippen LogP contribution in [0.15, 0.2) is 66.7 Å². The molecule has 31 heavy (non-hydrogen) atoms. The van der Waals surface area contributed by atoms with E-state index in [1.807, 2.05) is 35.2 Å². The first-order valence-corrected chi connectivity index (χ1v) is 12.7.